The molecule has 0 saturated heterocycles. The molecule has 2 rings (SSSR count). The molecule has 0 radical (unpaired) electrons. The molecule has 4 heteroatoms. The van der Waals surface area contributed by atoms with Crippen LogP contribution in [0.15, 0.2) is 48.6 Å². The molecule has 2 aromatic rings. The minimum Gasteiger partial charge on any atom is -0.493 e. The number of benzene rings is 2. The Hall–Kier alpha value is -2.88. The highest BCUT2D eigenvalue weighted by Gasteiger charge is 2.06. The van der Waals surface area contributed by atoms with Crippen molar-refractivity contribution in [2.75, 3.05) is 27.4 Å². The van der Waals surface area contributed by atoms with Crippen molar-refractivity contribution in [3.05, 3.63) is 59.7 Å². The van der Waals surface area contributed by atoms with Crippen molar-refractivity contribution in [1.29, 1.82) is 0 Å². The van der Waals surface area contributed by atoms with Gasteiger partial charge in [0.05, 0.1) is 27.4 Å². The molecule has 0 spiro atoms. The first-order valence-corrected chi connectivity index (χ1v) is 9.59. The van der Waals surface area contributed by atoms with Gasteiger partial charge in [-0.15, -0.1) is 0 Å². The Balaban J connectivity index is 1.78. The van der Waals surface area contributed by atoms with E-state index in [4.69, 9.17) is 18.9 Å². The third-order valence-corrected chi connectivity index (χ3v) is 4.15. The van der Waals surface area contributed by atoms with Crippen molar-refractivity contribution in [3.8, 4) is 23.0 Å². The molecule has 0 saturated carbocycles. The van der Waals surface area contributed by atoms with Crippen LogP contribution < -0.4 is 18.9 Å². The third kappa shape index (κ3) is 6.38. The van der Waals surface area contributed by atoms with Crippen LogP contribution in [0.2, 0.25) is 0 Å². The van der Waals surface area contributed by atoms with Gasteiger partial charge in [-0.25, -0.2) is 0 Å². The Kier molecular flexibility index (Phi) is 8.99. The van der Waals surface area contributed by atoms with Gasteiger partial charge in [-0.3, -0.25) is 0 Å². The number of unbranched alkanes of at least 4 members (excludes halogenated alkanes) is 1. The smallest absolute Gasteiger partial charge is 0.161 e. The van der Waals surface area contributed by atoms with E-state index in [1.165, 1.54) is 0 Å². The molecule has 0 unspecified atom stereocenters. The van der Waals surface area contributed by atoms with Gasteiger partial charge in [0.2, 0.25) is 0 Å². The van der Waals surface area contributed by atoms with Crippen molar-refractivity contribution in [3.63, 3.8) is 0 Å². The lowest BCUT2D eigenvalue weighted by Gasteiger charge is -2.13. The maximum atomic E-state index is 5.86. The molecule has 0 bridgehead atoms. The molecule has 0 fully saturated rings. The van der Waals surface area contributed by atoms with Crippen molar-refractivity contribution in [2.24, 2.45) is 0 Å². The summed E-state index contributed by atoms with van der Waals surface area (Å²) >= 11 is 0. The highest BCUT2D eigenvalue weighted by atomic mass is 16.5. The third-order valence-electron chi connectivity index (χ3n) is 4.15. The fraction of sp³-hybridized carbons (Fsp3) is 0.333. The summed E-state index contributed by atoms with van der Waals surface area (Å²) in [5.41, 5.74) is 2.18. The zero-order chi connectivity index (χ0) is 20.2. The van der Waals surface area contributed by atoms with Gasteiger partial charge in [-0.2, -0.15) is 0 Å². The molecular formula is C24H30O4. The molecule has 0 aliphatic heterocycles. The minimum absolute atomic E-state index is 0.611. The van der Waals surface area contributed by atoms with Crippen molar-refractivity contribution in [2.45, 2.75) is 26.7 Å². The highest BCUT2D eigenvalue weighted by molar-refractivity contribution is 5.56. The Morgan fingerprint density at radius 3 is 1.43 bits per heavy atom. The topological polar surface area (TPSA) is 36.9 Å². The molecule has 0 amide bonds. The molecular weight excluding hydrogens is 352 g/mol. The summed E-state index contributed by atoms with van der Waals surface area (Å²) in [5, 5.41) is 0. The van der Waals surface area contributed by atoms with E-state index in [0.29, 0.717) is 13.2 Å². The van der Waals surface area contributed by atoms with E-state index in [-0.39, 0.29) is 0 Å². The summed E-state index contributed by atoms with van der Waals surface area (Å²) in [5.74, 6) is 3.02. The predicted octanol–water partition coefficient (Wildman–Crippen LogP) is 6.01. The Labute approximate surface area is 168 Å². The van der Waals surface area contributed by atoms with Crippen LogP contribution in [0.1, 0.15) is 37.8 Å². The molecule has 0 aliphatic carbocycles. The molecule has 0 N–H and O–H groups in total. The van der Waals surface area contributed by atoms with Crippen LogP contribution in [0, 0.1) is 0 Å². The fourth-order valence-electron chi connectivity index (χ4n) is 2.77. The average Bonchev–Trinajstić information content (AvgIpc) is 2.72. The van der Waals surface area contributed by atoms with Crippen LogP contribution in [-0.2, 0) is 0 Å². The number of rotatable bonds is 11. The first kappa shape index (κ1) is 21.4. The van der Waals surface area contributed by atoms with Gasteiger partial charge < -0.3 is 18.9 Å². The number of methoxy groups -OCH3 is 2. The summed E-state index contributed by atoms with van der Waals surface area (Å²) < 4.78 is 22.6. The second-order valence-electron chi connectivity index (χ2n) is 6.22. The van der Waals surface area contributed by atoms with Crippen LogP contribution in [0.25, 0.3) is 12.2 Å². The van der Waals surface area contributed by atoms with Gasteiger partial charge in [0.25, 0.3) is 0 Å². The highest BCUT2D eigenvalue weighted by Crippen LogP contribution is 2.30. The molecule has 28 heavy (non-hydrogen) atoms. The molecule has 0 heterocycles. The first-order chi connectivity index (χ1) is 13.7. The van der Waals surface area contributed by atoms with Gasteiger partial charge in [-0.1, -0.05) is 36.4 Å². The van der Waals surface area contributed by atoms with Gasteiger partial charge >= 0.3 is 0 Å². The quantitative estimate of drug-likeness (QED) is 0.446. The minimum atomic E-state index is 0.611. The average molecular weight is 383 g/mol. The summed E-state index contributed by atoms with van der Waals surface area (Å²) in [6.45, 7) is 5.20. The number of hydrogen-bond acceptors (Lipinski definition) is 4. The summed E-state index contributed by atoms with van der Waals surface area (Å²) in [4.78, 5) is 0. The lowest BCUT2D eigenvalue weighted by Crippen LogP contribution is -2.04. The largest absolute Gasteiger partial charge is 0.493 e. The molecule has 0 aliphatic rings. The number of hydrogen-bond donors (Lipinski definition) is 0. The maximum Gasteiger partial charge on any atom is 0.161 e. The lowest BCUT2D eigenvalue weighted by atomic mass is 10.2. The molecule has 4 nitrogen and oxygen atoms in total. The van der Waals surface area contributed by atoms with Gasteiger partial charge in [0.1, 0.15) is 0 Å². The van der Waals surface area contributed by atoms with E-state index in [0.717, 1.165) is 47.0 Å². The van der Waals surface area contributed by atoms with E-state index in [9.17, 15) is 0 Å². The zero-order valence-corrected chi connectivity index (χ0v) is 17.2. The lowest BCUT2D eigenvalue weighted by molar-refractivity contribution is 0.252. The van der Waals surface area contributed by atoms with Crippen LogP contribution in [-0.4, -0.2) is 27.4 Å². The van der Waals surface area contributed by atoms with Crippen molar-refractivity contribution >= 4 is 12.2 Å². The van der Waals surface area contributed by atoms with E-state index >= 15 is 0 Å². The van der Waals surface area contributed by atoms with Gasteiger partial charge in [0, 0.05) is 0 Å². The normalized spacial score (nSPS) is 11.1. The van der Waals surface area contributed by atoms with Crippen molar-refractivity contribution in [1.82, 2.24) is 0 Å². The van der Waals surface area contributed by atoms with Crippen LogP contribution in [0.4, 0.5) is 0 Å². The summed E-state index contributed by atoms with van der Waals surface area (Å²) in [6, 6.07) is 11.9. The van der Waals surface area contributed by atoms with Gasteiger partial charge in [-0.05, 0) is 62.1 Å². The van der Waals surface area contributed by atoms with E-state index in [2.05, 4.69) is 0 Å². The van der Waals surface area contributed by atoms with Crippen LogP contribution in [0.5, 0.6) is 23.0 Å². The first-order valence-electron chi connectivity index (χ1n) is 9.59. The second-order valence-corrected chi connectivity index (χ2v) is 6.22. The zero-order valence-electron chi connectivity index (χ0n) is 17.2. The summed E-state index contributed by atoms with van der Waals surface area (Å²) in [6.07, 6.45) is 9.83. The van der Waals surface area contributed by atoms with E-state index in [1.54, 1.807) is 14.2 Å². The SMILES string of the molecule is CC=Cc1ccc(OCCCCOc2ccc(C=CC)cc2OC)c(OC)c1. The van der Waals surface area contributed by atoms with Crippen molar-refractivity contribution < 1.29 is 18.9 Å². The van der Waals surface area contributed by atoms with Gasteiger partial charge in [0.15, 0.2) is 23.0 Å². The van der Waals surface area contributed by atoms with E-state index < -0.39 is 0 Å². The summed E-state index contributed by atoms with van der Waals surface area (Å²) in [7, 11) is 3.31. The molecule has 150 valence electrons. The second kappa shape index (κ2) is 11.8. The number of allylic oxidation sites excluding steroid dienone is 2. The number of ether oxygens (including phenoxy) is 4. The molecule has 0 atom stereocenters. The molecule has 2 aromatic carbocycles. The maximum absolute atomic E-state index is 5.86. The Morgan fingerprint density at radius 1 is 0.643 bits per heavy atom. The molecule has 0 aromatic heterocycles. The van der Waals surface area contributed by atoms with E-state index in [1.807, 2.05) is 74.5 Å². The Bertz CT molecular complexity index is 726. The van der Waals surface area contributed by atoms with Crippen LogP contribution >= 0.6 is 0 Å². The predicted molar refractivity (Wildman–Crippen MR) is 116 cm³/mol. The van der Waals surface area contributed by atoms with Crippen LogP contribution in [0.3, 0.4) is 0 Å². The Morgan fingerprint density at radius 2 is 1.07 bits per heavy atom. The fourth-order valence-corrected chi connectivity index (χ4v) is 2.77. The monoisotopic (exact) mass is 382 g/mol. The standard InChI is InChI=1S/C24H30O4/c1-5-9-19-11-13-21(23(17-19)25-3)27-15-7-8-16-28-22-14-12-20(10-6-2)18-24(22)26-4/h5-6,9-14,17-18H,7-8,15-16H2,1-4H3.